The van der Waals surface area contributed by atoms with Gasteiger partial charge in [-0.3, -0.25) is 4.79 Å². The predicted octanol–water partition coefficient (Wildman–Crippen LogP) is 2.29. The first-order chi connectivity index (χ1) is 13.6. The normalized spacial score (nSPS) is 17.9. The molecule has 0 aliphatic carbocycles. The second-order valence-electron chi connectivity index (χ2n) is 6.64. The van der Waals surface area contributed by atoms with E-state index in [0.29, 0.717) is 24.3 Å². The van der Waals surface area contributed by atoms with Gasteiger partial charge in [-0.05, 0) is 30.2 Å². The number of nitrogens with zero attached hydrogens (tertiary/aromatic N) is 1. The first-order valence-corrected chi connectivity index (χ1v) is 9.32. The van der Waals surface area contributed by atoms with Gasteiger partial charge in [0, 0.05) is 18.8 Å². The largest absolute Gasteiger partial charge is 0.386 e. The zero-order valence-electron chi connectivity index (χ0n) is 15.8. The molecule has 148 valence electrons. The number of carbonyl (C=O) groups excluding carboxylic acids is 2. The number of anilines is 1. The van der Waals surface area contributed by atoms with Crippen LogP contribution in [-0.4, -0.2) is 47.7 Å². The molecule has 2 aromatic rings. The molecule has 2 aromatic carbocycles. The fraction of sp³-hybridized carbons (Fsp3) is 0.333. The Morgan fingerprint density at radius 1 is 1.21 bits per heavy atom. The van der Waals surface area contributed by atoms with E-state index in [2.05, 4.69) is 10.6 Å². The lowest BCUT2D eigenvalue weighted by Gasteiger charge is -2.38. The summed E-state index contributed by atoms with van der Waals surface area (Å²) in [7, 11) is 0. The zero-order valence-corrected chi connectivity index (χ0v) is 15.8. The third kappa shape index (κ3) is 4.88. The molecule has 2 atom stereocenters. The van der Waals surface area contributed by atoms with Gasteiger partial charge in [0.25, 0.3) is 0 Å². The Labute approximate surface area is 164 Å². The van der Waals surface area contributed by atoms with Crippen LogP contribution in [0.3, 0.4) is 0 Å². The van der Waals surface area contributed by atoms with Gasteiger partial charge in [0.2, 0.25) is 5.91 Å². The minimum atomic E-state index is -0.897. The van der Waals surface area contributed by atoms with Crippen LogP contribution in [0.4, 0.5) is 10.5 Å². The molecule has 7 heteroatoms. The van der Waals surface area contributed by atoms with Crippen LogP contribution in [-0.2, 0) is 16.1 Å². The highest BCUT2D eigenvalue weighted by Gasteiger charge is 2.34. The van der Waals surface area contributed by atoms with Crippen molar-refractivity contribution >= 4 is 17.6 Å². The van der Waals surface area contributed by atoms with Gasteiger partial charge in [-0.15, -0.1) is 0 Å². The minimum Gasteiger partial charge on any atom is -0.386 e. The van der Waals surface area contributed by atoms with E-state index >= 15 is 0 Å². The molecule has 0 unspecified atom stereocenters. The van der Waals surface area contributed by atoms with Gasteiger partial charge in [-0.2, -0.15) is 0 Å². The standard InChI is InChI=1S/C21H25N3O4/c1-2-22-21(27)23-17-10-8-16(9-11-17)20(26)18-13-28-14-19(25)24(18)12-15-6-4-3-5-7-15/h3-11,18,20,26H,2,12-14H2,1H3,(H2,22,23,27)/t18-,20-/m1/s1. The summed E-state index contributed by atoms with van der Waals surface area (Å²) in [6, 6.07) is 15.8. The van der Waals surface area contributed by atoms with Crippen LogP contribution >= 0.6 is 0 Å². The number of ether oxygens (including phenoxy) is 1. The van der Waals surface area contributed by atoms with Crippen molar-refractivity contribution in [1.82, 2.24) is 10.2 Å². The number of aliphatic hydroxyl groups is 1. The number of nitrogens with one attached hydrogen (secondary N) is 2. The van der Waals surface area contributed by atoms with Crippen molar-refractivity contribution in [2.75, 3.05) is 25.1 Å². The Kier molecular flexibility index (Phi) is 6.62. The van der Waals surface area contributed by atoms with E-state index in [4.69, 9.17) is 4.74 Å². The van der Waals surface area contributed by atoms with Gasteiger partial charge in [0.1, 0.15) is 12.7 Å². The second kappa shape index (κ2) is 9.34. The molecule has 1 fully saturated rings. The predicted molar refractivity (Wildman–Crippen MR) is 106 cm³/mol. The lowest BCUT2D eigenvalue weighted by molar-refractivity contribution is -0.155. The van der Waals surface area contributed by atoms with Crippen molar-refractivity contribution in [3.8, 4) is 0 Å². The maximum absolute atomic E-state index is 12.4. The topological polar surface area (TPSA) is 90.9 Å². The van der Waals surface area contributed by atoms with Crippen molar-refractivity contribution in [2.45, 2.75) is 25.6 Å². The van der Waals surface area contributed by atoms with Crippen molar-refractivity contribution in [3.63, 3.8) is 0 Å². The summed E-state index contributed by atoms with van der Waals surface area (Å²) in [5.74, 6) is -0.145. The number of urea groups is 1. The van der Waals surface area contributed by atoms with Crippen LogP contribution in [0.25, 0.3) is 0 Å². The summed E-state index contributed by atoms with van der Waals surface area (Å²) in [5.41, 5.74) is 2.28. The molecule has 0 saturated carbocycles. The molecule has 3 amide bonds. The van der Waals surface area contributed by atoms with Gasteiger partial charge >= 0.3 is 6.03 Å². The van der Waals surface area contributed by atoms with Crippen molar-refractivity contribution < 1.29 is 19.4 Å². The first-order valence-electron chi connectivity index (χ1n) is 9.32. The Morgan fingerprint density at radius 3 is 2.61 bits per heavy atom. The Hall–Kier alpha value is -2.90. The van der Waals surface area contributed by atoms with Crippen LogP contribution in [0.15, 0.2) is 54.6 Å². The van der Waals surface area contributed by atoms with Crippen LogP contribution in [0.5, 0.6) is 0 Å². The molecule has 1 saturated heterocycles. The van der Waals surface area contributed by atoms with Gasteiger partial charge in [0.15, 0.2) is 0 Å². The Bertz CT molecular complexity index is 795. The molecule has 0 spiro atoms. The maximum atomic E-state index is 12.4. The summed E-state index contributed by atoms with van der Waals surface area (Å²) < 4.78 is 5.39. The minimum absolute atomic E-state index is 0.0193. The number of hydrogen-bond acceptors (Lipinski definition) is 4. The number of benzene rings is 2. The molecule has 28 heavy (non-hydrogen) atoms. The number of amides is 3. The molecule has 3 N–H and O–H groups in total. The van der Waals surface area contributed by atoms with Crippen molar-refractivity contribution in [2.24, 2.45) is 0 Å². The number of carbonyl (C=O) groups is 2. The monoisotopic (exact) mass is 383 g/mol. The van der Waals surface area contributed by atoms with E-state index < -0.39 is 12.1 Å². The smallest absolute Gasteiger partial charge is 0.319 e. The van der Waals surface area contributed by atoms with Crippen LogP contribution in [0, 0.1) is 0 Å². The van der Waals surface area contributed by atoms with Crippen molar-refractivity contribution in [3.05, 3.63) is 65.7 Å². The maximum Gasteiger partial charge on any atom is 0.319 e. The second-order valence-corrected chi connectivity index (χ2v) is 6.64. The Balaban J connectivity index is 1.72. The molecule has 3 rings (SSSR count). The average Bonchev–Trinajstić information content (AvgIpc) is 2.70. The lowest BCUT2D eigenvalue weighted by Crippen LogP contribution is -2.51. The average molecular weight is 383 g/mol. The number of rotatable bonds is 6. The zero-order chi connectivity index (χ0) is 19.9. The molecular formula is C21H25N3O4. The van der Waals surface area contributed by atoms with Crippen LogP contribution < -0.4 is 10.6 Å². The van der Waals surface area contributed by atoms with E-state index in [-0.39, 0.29) is 25.2 Å². The first kappa shape index (κ1) is 19.9. The van der Waals surface area contributed by atoms with E-state index in [9.17, 15) is 14.7 Å². The van der Waals surface area contributed by atoms with Gasteiger partial charge in [0.05, 0.1) is 12.6 Å². The van der Waals surface area contributed by atoms with E-state index in [1.54, 1.807) is 29.2 Å². The summed E-state index contributed by atoms with van der Waals surface area (Å²) in [4.78, 5) is 25.7. The van der Waals surface area contributed by atoms with Crippen molar-refractivity contribution in [1.29, 1.82) is 0 Å². The number of hydrogen-bond donors (Lipinski definition) is 3. The number of morpholine rings is 1. The third-order valence-electron chi connectivity index (χ3n) is 4.64. The molecule has 7 nitrogen and oxygen atoms in total. The summed E-state index contributed by atoms with van der Waals surface area (Å²) in [6.45, 7) is 3.08. The summed E-state index contributed by atoms with van der Waals surface area (Å²) in [6.07, 6.45) is -0.897. The van der Waals surface area contributed by atoms with Crippen LogP contribution in [0.2, 0.25) is 0 Å². The number of aliphatic hydroxyl groups excluding tert-OH is 1. The molecule has 1 aliphatic rings. The van der Waals surface area contributed by atoms with Gasteiger partial charge in [-0.25, -0.2) is 4.79 Å². The molecule has 0 bridgehead atoms. The summed E-state index contributed by atoms with van der Waals surface area (Å²) >= 11 is 0. The fourth-order valence-corrected chi connectivity index (χ4v) is 3.19. The highest BCUT2D eigenvalue weighted by Crippen LogP contribution is 2.26. The molecule has 0 radical (unpaired) electrons. The third-order valence-corrected chi connectivity index (χ3v) is 4.64. The van der Waals surface area contributed by atoms with E-state index in [1.807, 2.05) is 37.3 Å². The van der Waals surface area contributed by atoms with E-state index in [1.165, 1.54) is 0 Å². The quantitative estimate of drug-likeness (QED) is 0.714. The van der Waals surface area contributed by atoms with E-state index in [0.717, 1.165) is 5.56 Å². The summed E-state index contributed by atoms with van der Waals surface area (Å²) in [5, 5.41) is 16.3. The van der Waals surface area contributed by atoms with Gasteiger partial charge in [-0.1, -0.05) is 42.5 Å². The molecule has 0 aromatic heterocycles. The molecular weight excluding hydrogens is 358 g/mol. The lowest BCUT2D eigenvalue weighted by atomic mass is 9.99. The highest BCUT2D eigenvalue weighted by molar-refractivity contribution is 5.89. The SMILES string of the molecule is CCNC(=O)Nc1ccc([C@@H](O)[C@H]2COCC(=O)N2Cc2ccccc2)cc1. The molecule has 1 aliphatic heterocycles. The highest BCUT2D eigenvalue weighted by atomic mass is 16.5. The van der Waals surface area contributed by atoms with Crippen LogP contribution in [0.1, 0.15) is 24.2 Å². The fourth-order valence-electron chi connectivity index (χ4n) is 3.19. The molecule has 1 heterocycles. The Morgan fingerprint density at radius 2 is 1.93 bits per heavy atom. The van der Waals surface area contributed by atoms with Gasteiger partial charge < -0.3 is 25.4 Å².